The van der Waals surface area contributed by atoms with Gasteiger partial charge in [0.1, 0.15) is 0 Å². The van der Waals surface area contributed by atoms with Gasteiger partial charge in [0, 0.05) is 31.1 Å². The number of carboxylic acids is 1. The maximum atomic E-state index is 13.1. The Morgan fingerprint density at radius 2 is 1.61 bits per heavy atom. The van der Waals surface area contributed by atoms with Crippen LogP contribution in [-0.4, -0.2) is 64.5 Å². The topological polar surface area (TPSA) is 104 Å². The van der Waals surface area contributed by atoms with Crippen molar-refractivity contribution in [3.05, 3.63) is 35.4 Å². The van der Waals surface area contributed by atoms with Crippen LogP contribution in [0.2, 0.25) is 0 Å². The highest BCUT2D eigenvalue weighted by Crippen LogP contribution is 2.23. The van der Waals surface area contributed by atoms with Gasteiger partial charge in [-0.25, -0.2) is 4.79 Å². The number of amides is 2. The van der Waals surface area contributed by atoms with Crippen molar-refractivity contribution in [3.63, 3.8) is 0 Å². The molecule has 2 aliphatic heterocycles. The number of aliphatic carboxylic acids is 1. The fourth-order valence-corrected chi connectivity index (χ4v) is 4.23. The van der Waals surface area contributed by atoms with Crippen molar-refractivity contribution in [3.8, 4) is 0 Å². The molecule has 0 spiro atoms. The van der Waals surface area contributed by atoms with Gasteiger partial charge in [-0.3, -0.25) is 14.5 Å². The predicted octanol–water partition coefficient (Wildman–Crippen LogP) is 3.57. The van der Waals surface area contributed by atoms with E-state index >= 15 is 0 Å². The fourth-order valence-electron chi connectivity index (χ4n) is 4.23. The van der Waals surface area contributed by atoms with E-state index in [0.29, 0.717) is 6.54 Å². The van der Waals surface area contributed by atoms with Gasteiger partial charge in [-0.1, -0.05) is 25.0 Å². The van der Waals surface area contributed by atoms with E-state index in [2.05, 4.69) is 11.0 Å². The SMILES string of the molecule is NC(=O)CC1CCCCN1C(=O)c1cccc(CN2CCCCCC2)c1.O=C(O)C(F)(F)F. The van der Waals surface area contributed by atoms with E-state index in [0.717, 1.165) is 44.5 Å². The Hall–Kier alpha value is -2.62. The summed E-state index contributed by atoms with van der Waals surface area (Å²) in [7, 11) is 0. The highest BCUT2D eigenvalue weighted by atomic mass is 19.4. The predicted molar refractivity (Wildman–Crippen MR) is 116 cm³/mol. The molecule has 1 atom stereocenters. The highest BCUT2D eigenvalue weighted by Gasteiger charge is 2.38. The Morgan fingerprint density at radius 1 is 1.00 bits per heavy atom. The molecular formula is C23H32F3N3O4. The lowest BCUT2D eigenvalue weighted by molar-refractivity contribution is -0.192. The third-order valence-electron chi connectivity index (χ3n) is 5.85. The molecule has 3 rings (SSSR count). The number of rotatable bonds is 5. The van der Waals surface area contributed by atoms with E-state index in [1.807, 2.05) is 23.1 Å². The first-order valence-electron chi connectivity index (χ1n) is 11.3. The number of carboxylic acid groups (broad SMARTS) is 1. The molecule has 1 unspecified atom stereocenters. The van der Waals surface area contributed by atoms with Crippen LogP contribution in [0.4, 0.5) is 13.2 Å². The number of halogens is 3. The quantitative estimate of drug-likeness (QED) is 0.683. The van der Waals surface area contributed by atoms with Gasteiger partial charge in [0.25, 0.3) is 5.91 Å². The van der Waals surface area contributed by atoms with Crippen molar-refractivity contribution in [2.45, 2.75) is 70.1 Å². The molecule has 3 N–H and O–H groups in total. The van der Waals surface area contributed by atoms with Crippen molar-refractivity contribution in [1.29, 1.82) is 0 Å². The van der Waals surface area contributed by atoms with Crippen molar-refractivity contribution in [2.75, 3.05) is 19.6 Å². The first-order chi connectivity index (χ1) is 15.6. The van der Waals surface area contributed by atoms with Crippen LogP contribution in [0.15, 0.2) is 24.3 Å². The van der Waals surface area contributed by atoms with Crippen LogP contribution in [0.3, 0.4) is 0 Å². The molecule has 184 valence electrons. The van der Waals surface area contributed by atoms with Crippen LogP contribution in [0.1, 0.15) is 67.3 Å². The Kier molecular flexibility index (Phi) is 10.1. The van der Waals surface area contributed by atoms with Gasteiger partial charge in [0.15, 0.2) is 0 Å². The largest absolute Gasteiger partial charge is 0.490 e. The first kappa shape index (κ1) is 26.6. The molecule has 2 saturated heterocycles. The van der Waals surface area contributed by atoms with Gasteiger partial charge in [-0.05, 0) is 62.9 Å². The average Bonchev–Trinajstić information content (AvgIpc) is 3.02. The second-order valence-corrected chi connectivity index (χ2v) is 8.51. The van der Waals surface area contributed by atoms with E-state index < -0.39 is 12.1 Å². The van der Waals surface area contributed by atoms with E-state index in [9.17, 15) is 22.8 Å². The second-order valence-electron chi connectivity index (χ2n) is 8.51. The molecule has 2 fully saturated rings. The number of carbonyl (C=O) groups is 3. The highest BCUT2D eigenvalue weighted by molar-refractivity contribution is 5.95. The number of carbonyl (C=O) groups excluding carboxylic acids is 2. The summed E-state index contributed by atoms with van der Waals surface area (Å²) in [5.74, 6) is -3.05. The molecule has 0 aromatic heterocycles. The lowest BCUT2D eigenvalue weighted by atomic mass is 9.97. The smallest absolute Gasteiger partial charge is 0.475 e. The van der Waals surface area contributed by atoms with E-state index in [4.69, 9.17) is 15.6 Å². The number of hydrogen-bond acceptors (Lipinski definition) is 4. The molecule has 2 heterocycles. The third kappa shape index (κ3) is 9.03. The summed E-state index contributed by atoms with van der Waals surface area (Å²) in [4.78, 5) is 37.7. The van der Waals surface area contributed by atoms with Crippen molar-refractivity contribution < 1.29 is 32.7 Å². The van der Waals surface area contributed by atoms with Gasteiger partial charge in [0.05, 0.1) is 0 Å². The Balaban J connectivity index is 0.000000479. The monoisotopic (exact) mass is 471 g/mol. The number of alkyl halides is 3. The Bertz CT molecular complexity index is 808. The van der Waals surface area contributed by atoms with Crippen LogP contribution in [0.5, 0.6) is 0 Å². The second kappa shape index (κ2) is 12.6. The number of likely N-dealkylation sites (tertiary alicyclic amines) is 2. The molecule has 7 nitrogen and oxygen atoms in total. The third-order valence-corrected chi connectivity index (χ3v) is 5.85. The maximum Gasteiger partial charge on any atom is 0.490 e. The lowest BCUT2D eigenvalue weighted by Crippen LogP contribution is -2.45. The Morgan fingerprint density at radius 3 is 2.18 bits per heavy atom. The van der Waals surface area contributed by atoms with Gasteiger partial charge in [-0.15, -0.1) is 0 Å². The zero-order chi connectivity index (χ0) is 24.4. The van der Waals surface area contributed by atoms with Gasteiger partial charge >= 0.3 is 12.1 Å². The molecule has 2 aliphatic rings. The molecule has 0 aliphatic carbocycles. The number of nitrogens with two attached hydrogens (primary N) is 1. The fraction of sp³-hybridized carbons (Fsp3) is 0.609. The number of nitrogens with zero attached hydrogens (tertiary/aromatic N) is 2. The lowest BCUT2D eigenvalue weighted by Gasteiger charge is -2.35. The number of hydrogen-bond donors (Lipinski definition) is 2. The maximum absolute atomic E-state index is 13.1. The van der Waals surface area contributed by atoms with Crippen LogP contribution >= 0.6 is 0 Å². The van der Waals surface area contributed by atoms with E-state index in [1.165, 1.54) is 31.2 Å². The summed E-state index contributed by atoms with van der Waals surface area (Å²) in [5, 5.41) is 7.12. The van der Waals surface area contributed by atoms with Crippen molar-refractivity contribution in [1.82, 2.24) is 9.80 Å². The van der Waals surface area contributed by atoms with Crippen LogP contribution in [0, 0.1) is 0 Å². The van der Waals surface area contributed by atoms with Gasteiger partial charge in [-0.2, -0.15) is 13.2 Å². The summed E-state index contributed by atoms with van der Waals surface area (Å²) in [5.41, 5.74) is 7.31. The van der Waals surface area contributed by atoms with E-state index in [-0.39, 0.29) is 24.3 Å². The summed E-state index contributed by atoms with van der Waals surface area (Å²) < 4.78 is 31.7. The molecule has 1 aromatic carbocycles. The van der Waals surface area contributed by atoms with Gasteiger partial charge < -0.3 is 15.7 Å². The number of piperidine rings is 1. The zero-order valence-electron chi connectivity index (χ0n) is 18.6. The van der Waals surface area contributed by atoms with Crippen LogP contribution < -0.4 is 5.73 Å². The average molecular weight is 472 g/mol. The van der Waals surface area contributed by atoms with Gasteiger partial charge in [0.2, 0.25) is 5.91 Å². The molecule has 2 amide bonds. The summed E-state index contributed by atoms with van der Waals surface area (Å²) in [6.45, 7) is 3.91. The summed E-state index contributed by atoms with van der Waals surface area (Å²) >= 11 is 0. The molecule has 0 radical (unpaired) electrons. The van der Waals surface area contributed by atoms with Crippen LogP contribution in [0.25, 0.3) is 0 Å². The molecule has 10 heteroatoms. The zero-order valence-corrected chi connectivity index (χ0v) is 18.6. The summed E-state index contributed by atoms with van der Waals surface area (Å²) in [6, 6.07) is 7.96. The molecular weight excluding hydrogens is 439 g/mol. The molecule has 33 heavy (non-hydrogen) atoms. The minimum Gasteiger partial charge on any atom is -0.475 e. The minimum atomic E-state index is -5.08. The Labute approximate surface area is 191 Å². The number of primary amides is 1. The molecule has 0 bridgehead atoms. The molecule has 0 saturated carbocycles. The van der Waals surface area contributed by atoms with E-state index in [1.54, 1.807) is 0 Å². The first-order valence-corrected chi connectivity index (χ1v) is 11.3. The number of benzene rings is 1. The normalized spacial score (nSPS) is 19.7. The molecule has 1 aromatic rings. The summed E-state index contributed by atoms with van der Waals surface area (Å²) in [6.07, 6.45) is 3.27. The standard InChI is InChI=1S/C21H31N3O2.C2HF3O2/c22-20(25)15-19-10-3-6-13-24(19)21(26)18-9-7-8-17(14-18)16-23-11-4-1-2-5-12-23;3-2(4,5)1(6)7/h7-9,14,19H,1-6,10-13,15-16H2,(H2,22,25);(H,6,7). The minimum absolute atomic E-state index is 0.0358. The van der Waals surface area contributed by atoms with Crippen molar-refractivity contribution >= 4 is 17.8 Å². The van der Waals surface area contributed by atoms with Crippen LogP contribution in [-0.2, 0) is 16.1 Å². The van der Waals surface area contributed by atoms with Crippen molar-refractivity contribution in [2.24, 2.45) is 5.73 Å².